The third-order valence-electron chi connectivity index (χ3n) is 2.94. The van der Waals surface area contributed by atoms with Crippen molar-refractivity contribution in [2.75, 3.05) is 5.73 Å². The van der Waals surface area contributed by atoms with E-state index in [1.54, 1.807) is 12.1 Å². The predicted molar refractivity (Wildman–Crippen MR) is 69.5 cm³/mol. The first-order chi connectivity index (χ1) is 8.06. The second-order valence-corrected chi connectivity index (χ2v) is 5.03. The summed E-state index contributed by atoms with van der Waals surface area (Å²) in [6.07, 6.45) is 2.29. The van der Waals surface area contributed by atoms with Gasteiger partial charge in [0.05, 0.1) is 22.9 Å². The van der Waals surface area contributed by atoms with Gasteiger partial charge in [-0.25, -0.2) is 0 Å². The molecule has 94 valence electrons. The molecule has 0 aromatic heterocycles. The van der Waals surface area contributed by atoms with E-state index >= 15 is 0 Å². The highest BCUT2D eigenvalue weighted by Crippen LogP contribution is 2.33. The van der Waals surface area contributed by atoms with Gasteiger partial charge < -0.3 is 15.2 Å². The van der Waals surface area contributed by atoms with Crippen molar-refractivity contribution in [3.63, 3.8) is 0 Å². The van der Waals surface area contributed by atoms with Gasteiger partial charge in [-0.05, 0) is 26.0 Å². The number of para-hydroxylation sites is 1. The van der Waals surface area contributed by atoms with E-state index in [-0.39, 0.29) is 18.3 Å². The first-order valence-electron chi connectivity index (χ1n) is 5.92. The molecule has 0 saturated carbocycles. The van der Waals surface area contributed by atoms with Crippen molar-refractivity contribution in [1.82, 2.24) is 0 Å². The molecule has 1 fully saturated rings. The molecule has 0 radical (unpaired) electrons. The molecule has 0 amide bonds. The summed E-state index contributed by atoms with van der Waals surface area (Å²) in [5.74, 6) is 0.598. The number of halogens is 1. The van der Waals surface area contributed by atoms with Gasteiger partial charge in [-0.1, -0.05) is 17.7 Å². The quantitative estimate of drug-likeness (QED) is 0.825. The van der Waals surface area contributed by atoms with Gasteiger partial charge in [-0.2, -0.15) is 0 Å². The summed E-state index contributed by atoms with van der Waals surface area (Å²) in [6, 6.07) is 5.41. The maximum atomic E-state index is 6.09. The van der Waals surface area contributed by atoms with Gasteiger partial charge in [0.15, 0.2) is 5.75 Å². The fourth-order valence-electron chi connectivity index (χ4n) is 2.26. The second-order valence-electron chi connectivity index (χ2n) is 4.63. The van der Waals surface area contributed by atoms with Crippen LogP contribution in [0.15, 0.2) is 18.2 Å². The van der Waals surface area contributed by atoms with Crippen molar-refractivity contribution in [3.05, 3.63) is 23.2 Å². The monoisotopic (exact) mass is 255 g/mol. The summed E-state index contributed by atoms with van der Waals surface area (Å²) in [4.78, 5) is 0. The molecule has 0 bridgehead atoms. The summed E-state index contributed by atoms with van der Waals surface area (Å²) in [5, 5.41) is 0.566. The maximum absolute atomic E-state index is 6.09. The summed E-state index contributed by atoms with van der Waals surface area (Å²) in [5.41, 5.74) is 6.45. The number of ether oxygens (including phenoxy) is 2. The molecule has 2 rings (SSSR count). The number of anilines is 1. The molecular weight excluding hydrogens is 238 g/mol. The zero-order valence-electron chi connectivity index (χ0n) is 10.2. The zero-order chi connectivity index (χ0) is 12.4. The van der Waals surface area contributed by atoms with Crippen molar-refractivity contribution in [3.8, 4) is 5.75 Å². The van der Waals surface area contributed by atoms with E-state index in [2.05, 4.69) is 13.8 Å². The molecule has 0 aliphatic carbocycles. The Labute approximate surface area is 107 Å². The van der Waals surface area contributed by atoms with Crippen LogP contribution in [0.2, 0.25) is 5.02 Å². The molecule has 4 heteroatoms. The molecular formula is C13H18ClNO2. The third kappa shape index (κ3) is 3.05. The van der Waals surface area contributed by atoms with Crippen LogP contribution in [0.5, 0.6) is 5.75 Å². The number of hydrogen-bond acceptors (Lipinski definition) is 3. The summed E-state index contributed by atoms with van der Waals surface area (Å²) >= 11 is 6.09. The lowest BCUT2D eigenvalue weighted by atomic mass is 10.0. The zero-order valence-corrected chi connectivity index (χ0v) is 10.9. The number of hydrogen-bond donors (Lipinski definition) is 1. The molecule has 2 atom stereocenters. The van der Waals surface area contributed by atoms with Crippen LogP contribution in [0.1, 0.15) is 26.7 Å². The highest BCUT2D eigenvalue weighted by molar-refractivity contribution is 6.32. The molecule has 3 nitrogen and oxygen atoms in total. The summed E-state index contributed by atoms with van der Waals surface area (Å²) in [7, 11) is 0. The SMILES string of the molecule is CC1CC(Oc2c(N)cccc2Cl)CC(C)O1. The van der Waals surface area contributed by atoms with Crippen LogP contribution in [0, 0.1) is 0 Å². The largest absolute Gasteiger partial charge is 0.486 e. The molecule has 1 saturated heterocycles. The molecule has 1 aliphatic rings. The maximum Gasteiger partial charge on any atom is 0.161 e. The molecule has 0 spiro atoms. The Morgan fingerprint density at radius 3 is 2.53 bits per heavy atom. The fraction of sp³-hybridized carbons (Fsp3) is 0.538. The fourth-order valence-corrected chi connectivity index (χ4v) is 2.48. The lowest BCUT2D eigenvalue weighted by Gasteiger charge is -2.32. The van der Waals surface area contributed by atoms with Crippen LogP contribution in [0.3, 0.4) is 0 Å². The lowest BCUT2D eigenvalue weighted by molar-refractivity contribution is -0.0719. The van der Waals surface area contributed by atoms with Crippen LogP contribution >= 0.6 is 11.6 Å². The van der Waals surface area contributed by atoms with Crippen molar-refractivity contribution >= 4 is 17.3 Å². The van der Waals surface area contributed by atoms with Gasteiger partial charge in [-0.15, -0.1) is 0 Å². The van der Waals surface area contributed by atoms with Crippen LogP contribution in [0.4, 0.5) is 5.69 Å². The number of nitrogens with two attached hydrogens (primary N) is 1. The molecule has 1 heterocycles. The van der Waals surface area contributed by atoms with Crippen molar-refractivity contribution in [1.29, 1.82) is 0 Å². The topological polar surface area (TPSA) is 44.5 Å². The van der Waals surface area contributed by atoms with Gasteiger partial charge >= 0.3 is 0 Å². The molecule has 2 unspecified atom stereocenters. The number of rotatable bonds is 2. The minimum atomic E-state index is 0.121. The Hall–Kier alpha value is -0.930. The van der Waals surface area contributed by atoms with E-state index in [9.17, 15) is 0 Å². The molecule has 1 aromatic carbocycles. The standard InChI is InChI=1S/C13H18ClNO2/c1-8-6-10(7-9(2)16-8)17-13-11(14)4-3-5-12(13)15/h3-5,8-10H,6-7,15H2,1-2H3. The van der Waals surface area contributed by atoms with E-state index in [4.69, 9.17) is 26.8 Å². The van der Waals surface area contributed by atoms with Gasteiger partial charge in [0.2, 0.25) is 0 Å². The van der Waals surface area contributed by atoms with Gasteiger partial charge in [0, 0.05) is 12.8 Å². The third-order valence-corrected chi connectivity index (χ3v) is 3.23. The van der Waals surface area contributed by atoms with Crippen molar-refractivity contribution in [2.45, 2.75) is 45.0 Å². The van der Waals surface area contributed by atoms with Crippen molar-refractivity contribution < 1.29 is 9.47 Å². The Kier molecular flexibility index (Phi) is 3.79. The summed E-state index contributed by atoms with van der Waals surface area (Å²) < 4.78 is 11.6. The minimum Gasteiger partial charge on any atom is -0.486 e. The first-order valence-corrected chi connectivity index (χ1v) is 6.30. The molecule has 1 aromatic rings. The number of benzene rings is 1. The van der Waals surface area contributed by atoms with Crippen LogP contribution in [-0.2, 0) is 4.74 Å². The van der Waals surface area contributed by atoms with E-state index in [1.807, 2.05) is 6.07 Å². The average Bonchev–Trinajstić information content (AvgIpc) is 2.22. The first kappa shape index (κ1) is 12.5. The molecule has 2 N–H and O–H groups in total. The van der Waals surface area contributed by atoms with Crippen LogP contribution in [0.25, 0.3) is 0 Å². The second kappa shape index (κ2) is 5.15. The summed E-state index contributed by atoms with van der Waals surface area (Å²) in [6.45, 7) is 4.12. The lowest BCUT2D eigenvalue weighted by Crippen LogP contribution is -2.35. The Balaban J connectivity index is 2.10. The minimum absolute atomic E-state index is 0.121. The molecule has 1 aliphatic heterocycles. The van der Waals surface area contributed by atoms with Crippen LogP contribution in [-0.4, -0.2) is 18.3 Å². The van der Waals surface area contributed by atoms with Crippen molar-refractivity contribution in [2.24, 2.45) is 0 Å². The highest BCUT2D eigenvalue weighted by Gasteiger charge is 2.26. The van der Waals surface area contributed by atoms with E-state index < -0.39 is 0 Å². The predicted octanol–water partition coefficient (Wildman–Crippen LogP) is 3.26. The molecule has 17 heavy (non-hydrogen) atoms. The van der Waals surface area contributed by atoms with Gasteiger partial charge in [-0.3, -0.25) is 0 Å². The normalized spacial score (nSPS) is 29.0. The Bertz CT molecular complexity index is 367. The van der Waals surface area contributed by atoms with Gasteiger partial charge in [0.1, 0.15) is 6.10 Å². The average molecular weight is 256 g/mol. The van der Waals surface area contributed by atoms with E-state index in [1.165, 1.54) is 0 Å². The smallest absolute Gasteiger partial charge is 0.161 e. The van der Waals surface area contributed by atoms with E-state index in [0.29, 0.717) is 16.5 Å². The van der Waals surface area contributed by atoms with Gasteiger partial charge in [0.25, 0.3) is 0 Å². The Morgan fingerprint density at radius 2 is 1.94 bits per heavy atom. The Morgan fingerprint density at radius 1 is 1.29 bits per heavy atom. The number of nitrogen functional groups attached to an aromatic ring is 1. The van der Waals surface area contributed by atoms with E-state index in [0.717, 1.165) is 12.8 Å². The van der Waals surface area contributed by atoms with Crippen LogP contribution < -0.4 is 10.5 Å². The highest BCUT2D eigenvalue weighted by atomic mass is 35.5.